The number of pyridine rings is 1. The van der Waals surface area contributed by atoms with E-state index in [0.717, 1.165) is 18.2 Å². The number of primary amides is 1. The van der Waals surface area contributed by atoms with Gasteiger partial charge in [0, 0.05) is 22.1 Å². The van der Waals surface area contributed by atoms with E-state index in [-0.39, 0.29) is 40.5 Å². The minimum atomic E-state index is -5.36. The fraction of sp³-hybridized carbons (Fsp3) is 0.276. The molecule has 5 rings (SSSR count). The molecular weight excluding hydrogens is 574 g/mol. The third-order valence-electron chi connectivity index (χ3n) is 7.39. The quantitative estimate of drug-likeness (QED) is 0.274. The van der Waals surface area contributed by atoms with Crippen LogP contribution < -0.4 is 20.5 Å². The number of nitrogens with two attached hydrogens (primary N) is 1. The first-order valence-electron chi connectivity index (χ1n) is 12.8. The van der Waals surface area contributed by atoms with Gasteiger partial charge in [0.05, 0.1) is 25.0 Å². The van der Waals surface area contributed by atoms with Gasteiger partial charge in [-0.25, -0.2) is 9.37 Å². The van der Waals surface area contributed by atoms with Gasteiger partial charge in [0.1, 0.15) is 40.5 Å². The van der Waals surface area contributed by atoms with Crippen molar-refractivity contribution >= 4 is 22.7 Å². The van der Waals surface area contributed by atoms with Crippen LogP contribution in [-0.2, 0) is 15.8 Å². The summed E-state index contributed by atoms with van der Waals surface area (Å²) in [5.74, 6) is -2.32. The summed E-state index contributed by atoms with van der Waals surface area (Å²) in [5.41, 5.74) is 0.0832. The highest BCUT2D eigenvalue weighted by atomic mass is 19.4. The number of ether oxygens (including phenoxy) is 2. The standard InChI is InChI=1S/C29H25F4N5O5/c1-14-8-16-9-17(10-20(42-3)22(16)38-37-14)25(39)35-12-28(41,29(31,32)33)21-11-19-24(43-13-27(19,2)26(34)40)23(36-21)15-4-6-18(30)7-5-15/h4-11,41H,12-13H2,1-3H3,(H2,34,40)(H,35,39)/t27-,28?/m0/s1. The van der Waals surface area contributed by atoms with Crippen molar-refractivity contribution in [2.24, 2.45) is 5.73 Å². The van der Waals surface area contributed by atoms with Gasteiger partial charge in [-0.1, -0.05) is 0 Å². The number of fused-ring (bicyclic) bond motifs is 2. The van der Waals surface area contributed by atoms with Gasteiger partial charge in [-0.3, -0.25) is 9.59 Å². The number of halogens is 4. The number of aryl methyl sites for hydroxylation is 1. The number of rotatable bonds is 7. The van der Waals surface area contributed by atoms with Gasteiger partial charge in [0.2, 0.25) is 11.5 Å². The highest BCUT2D eigenvalue weighted by Crippen LogP contribution is 2.47. The number of methoxy groups -OCH3 is 1. The van der Waals surface area contributed by atoms with Crippen molar-refractivity contribution in [2.75, 3.05) is 20.3 Å². The molecule has 43 heavy (non-hydrogen) atoms. The summed E-state index contributed by atoms with van der Waals surface area (Å²) in [6.45, 7) is 1.40. The van der Waals surface area contributed by atoms with Crippen LogP contribution in [0.4, 0.5) is 17.6 Å². The van der Waals surface area contributed by atoms with Gasteiger partial charge in [-0.2, -0.15) is 18.3 Å². The van der Waals surface area contributed by atoms with E-state index in [1.54, 1.807) is 13.0 Å². The Labute approximate surface area is 241 Å². The largest absolute Gasteiger partial charge is 0.494 e. The Morgan fingerprint density at radius 2 is 1.84 bits per heavy atom. The molecule has 1 unspecified atom stereocenters. The van der Waals surface area contributed by atoms with Gasteiger partial charge in [-0.15, -0.1) is 5.10 Å². The fourth-order valence-corrected chi connectivity index (χ4v) is 4.76. The first kappa shape index (κ1) is 29.6. The Hall–Kier alpha value is -4.85. The number of nitrogens with one attached hydrogen (secondary N) is 1. The van der Waals surface area contributed by atoms with Crippen molar-refractivity contribution in [3.63, 3.8) is 0 Å². The minimum absolute atomic E-state index is 0.0353. The fourth-order valence-electron chi connectivity index (χ4n) is 4.76. The molecule has 0 spiro atoms. The van der Waals surface area contributed by atoms with Crippen LogP contribution in [0.5, 0.6) is 11.5 Å². The molecule has 2 aromatic carbocycles. The third-order valence-corrected chi connectivity index (χ3v) is 7.39. The second kappa shape index (κ2) is 10.5. The number of carbonyl (C=O) groups is 2. The van der Waals surface area contributed by atoms with E-state index in [2.05, 4.69) is 20.5 Å². The predicted octanol–water partition coefficient (Wildman–Crippen LogP) is 3.46. The maximum Gasteiger partial charge on any atom is 0.424 e. The number of nitrogens with zero attached hydrogens (tertiary/aromatic N) is 3. The molecule has 4 N–H and O–H groups in total. The molecule has 0 bridgehead atoms. The molecule has 1 aliphatic heterocycles. The second-order valence-corrected chi connectivity index (χ2v) is 10.4. The number of benzene rings is 2. The summed E-state index contributed by atoms with van der Waals surface area (Å²) in [4.78, 5) is 29.6. The highest BCUT2D eigenvalue weighted by Gasteiger charge is 2.57. The van der Waals surface area contributed by atoms with E-state index in [0.29, 0.717) is 16.6 Å². The first-order chi connectivity index (χ1) is 20.2. The Balaban J connectivity index is 1.59. The highest BCUT2D eigenvalue weighted by molar-refractivity contribution is 6.00. The Morgan fingerprint density at radius 1 is 1.14 bits per heavy atom. The van der Waals surface area contributed by atoms with Crippen LogP contribution in [-0.4, -0.2) is 58.5 Å². The second-order valence-electron chi connectivity index (χ2n) is 10.4. The molecule has 0 aliphatic carbocycles. The number of hydrogen-bond donors (Lipinski definition) is 3. The van der Waals surface area contributed by atoms with Crippen molar-refractivity contribution in [3.8, 4) is 22.8 Å². The van der Waals surface area contributed by atoms with Gasteiger partial charge in [0.15, 0.2) is 0 Å². The SMILES string of the molecule is COc1cc(C(=O)NCC(O)(c2cc3c(c(-c4ccc(F)cc4)n2)OC[C@]3(C)C(N)=O)C(F)(F)F)cc2cc(C)nnc12. The van der Waals surface area contributed by atoms with E-state index in [9.17, 15) is 32.3 Å². The Morgan fingerprint density at radius 3 is 2.47 bits per heavy atom. The molecule has 3 heterocycles. The maximum absolute atomic E-state index is 14.7. The van der Waals surface area contributed by atoms with E-state index in [4.69, 9.17) is 15.2 Å². The molecule has 14 heteroatoms. The lowest BCUT2D eigenvalue weighted by Gasteiger charge is -2.31. The molecule has 4 aromatic rings. The lowest BCUT2D eigenvalue weighted by Crippen LogP contribution is -2.51. The van der Waals surface area contributed by atoms with Crippen molar-refractivity contribution in [2.45, 2.75) is 31.0 Å². The van der Waals surface area contributed by atoms with Gasteiger partial charge >= 0.3 is 6.18 Å². The van der Waals surface area contributed by atoms with Crippen LogP contribution in [0, 0.1) is 12.7 Å². The zero-order valence-corrected chi connectivity index (χ0v) is 23.0. The van der Waals surface area contributed by atoms with Crippen LogP contribution in [0.2, 0.25) is 0 Å². The van der Waals surface area contributed by atoms with Crippen LogP contribution in [0.1, 0.15) is 34.2 Å². The Kier molecular flexibility index (Phi) is 7.20. The van der Waals surface area contributed by atoms with Crippen molar-refractivity contribution in [1.29, 1.82) is 0 Å². The van der Waals surface area contributed by atoms with Crippen molar-refractivity contribution in [1.82, 2.24) is 20.5 Å². The van der Waals surface area contributed by atoms with Crippen LogP contribution in [0.25, 0.3) is 22.2 Å². The number of alkyl halides is 3. The average molecular weight is 600 g/mol. The number of hydrogen-bond acceptors (Lipinski definition) is 8. The van der Waals surface area contributed by atoms with Gasteiger partial charge < -0.3 is 25.6 Å². The van der Waals surface area contributed by atoms with E-state index in [1.807, 2.05) is 0 Å². The van der Waals surface area contributed by atoms with Crippen molar-refractivity contribution in [3.05, 3.63) is 76.9 Å². The topological polar surface area (TPSA) is 150 Å². The lowest BCUT2D eigenvalue weighted by molar-refractivity contribution is -0.265. The summed E-state index contributed by atoms with van der Waals surface area (Å²) in [6, 6.07) is 9.86. The van der Waals surface area contributed by atoms with Crippen molar-refractivity contribution < 1.29 is 41.7 Å². The molecule has 2 amide bonds. The van der Waals surface area contributed by atoms with E-state index in [1.165, 1.54) is 38.3 Å². The summed E-state index contributed by atoms with van der Waals surface area (Å²) < 4.78 is 68.5. The molecule has 1 aliphatic rings. The zero-order chi connectivity index (χ0) is 31.3. The zero-order valence-electron chi connectivity index (χ0n) is 23.0. The maximum atomic E-state index is 14.7. The number of aromatic nitrogens is 3. The van der Waals surface area contributed by atoms with Crippen LogP contribution >= 0.6 is 0 Å². The summed E-state index contributed by atoms with van der Waals surface area (Å²) in [7, 11) is 1.34. The molecule has 224 valence electrons. The molecular formula is C29H25F4N5O5. The molecule has 0 saturated carbocycles. The monoisotopic (exact) mass is 599 g/mol. The van der Waals surface area contributed by atoms with Crippen LogP contribution in [0.15, 0.2) is 48.5 Å². The normalized spacial score (nSPS) is 17.6. The summed E-state index contributed by atoms with van der Waals surface area (Å²) in [6.07, 6.45) is -5.36. The van der Waals surface area contributed by atoms with E-state index >= 15 is 0 Å². The molecule has 0 fully saturated rings. The minimum Gasteiger partial charge on any atom is -0.494 e. The van der Waals surface area contributed by atoms with Crippen LogP contribution in [0.3, 0.4) is 0 Å². The van der Waals surface area contributed by atoms with Gasteiger partial charge in [0.25, 0.3) is 5.91 Å². The number of carbonyl (C=O) groups excluding carboxylic acids is 2. The number of aliphatic hydroxyl groups is 1. The molecule has 2 aromatic heterocycles. The predicted molar refractivity (Wildman–Crippen MR) is 145 cm³/mol. The smallest absolute Gasteiger partial charge is 0.424 e. The molecule has 0 radical (unpaired) electrons. The summed E-state index contributed by atoms with van der Waals surface area (Å²) in [5, 5.41) is 21.8. The lowest BCUT2D eigenvalue weighted by atomic mass is 9.81. The summed E-state index contributed by atoms with van der Waals surface area (Å²) >= 11 is 0. The number of amides is 2. The van der Waals surface area contributed by atoms with Gasteiger partial charge in [-0.05, 0) is 62.4 Å². The molecule has 0 saturated heterocycles. The first-order valence-corrected chi connectivity index (χ1v) is 12.8. The Bertz CT molecular complexity index is 1770. The molecule has 10 nitrogen and oxygen atoms in total. The van der Waals surface area contributed by atoms with E-state index < -0.39 is 47.1 Å². The average Bonchev–Trinajstić information content (AvgIpc) is 3.32. The molecule has 2 atom stereocenters. The third kappa shape index (κ3) is 5.07.